The molecule has 2 atom stereocenters. The molecule has 6 heteroatoms. The van der Waals surface area contributed by atoms with Crippen LogP contribution in [0.15, 0.2) is 28.5 Å². The summed E-state index contributed by atoms with van der Waals surface area (Å²) in [6.45, 7) is 5.72. The second kappa shape index (κ2) is 8.77. The SMILES string of the molecule is CCO/C(C)=N\OCC1C=CC(C2CCCCC2)=C(C(F)(F)F)C1C. The van der Waals surface area contributed by atoms with E-state index in [1.54, 1.807) is 19.9 Å². The number of oxime groups is 1. The van der Waals surface area contributed by atoms with Crippen molar-refractivity contribution in [3.63, 3.8) is 0 Å². The zero-order valence-corrected chi connectivity index (χ0v) is 15.2. The molecule has 0 aromatic heterocycles. The molecule has 0 bridgehead atoms. The van der Waals surface area contributed by atoms with Gasteiger partial charge < -0.3 is 9.57 Å². The Kier molecular flexibility index (Phi) is 6.96. The molecule has 0 radical (unpaired) electrons. The zero-order valence-electron chi connectivity index (χ0n) is 15.2. The summed E-state index contributed by atoms with van der Waals surface area (Å²) in [5.41, 5.74) is 0.117. The minimum Gasteiger partial charge on any atom is -0.479 e. The van der Waals surface area contributed by atoms with Crippen molar-refractivity contribution in [2.45, 2.75) is 59.1 Å². The fourth-order valence-corrected chi connectivity index (χ4v) is 3.80. The van der Waals surface area contributed by atoms with Gasteiger partial charge in [-0.15, -0.1) is 0 Å². The maximum atomic E-state index is 13.7. The number of alkyl halides is 3. The first kappa shape index (κ1) is 19.9. The van der Waals surface area contributed by atoms with Crippen LogP contribution in [0, 0.1) is 17.8 Å². The van der Waals surface area contributed by atoms with Gasteiger partial charge in [0, 0.05) is 18.4 Å². The molecule has 2 rings (SSSR count). The lowest BCUT2D eigenvalue weighted by molar-refractivity contribution is -0.103. The highest BCUT2D eigenvalue weighted by Crippen LogP contribution is 2.45. The normalized spacial score (nSPS) is 26.1. The van der Waals surface area contributed by atoms with Crippen LogP contribution in [0.3, 0.4) is 0 Å². The minimum atomic E-state index is -4.31. The fourth-order valence-electron chi connectivity index (χ4n) is 3.80. The first-order chi connectivity index (χ1) is 11.8. The quantitative estimate of drug-likeness (QED) is 0.362. The predicted molar refractivity (Wildman–Crippen MR) is 92.1 cm³/mol. The van der Waals surface area contributed by atoms with Crippen molar-refractivity contribution in [1.82, 2.24) is 0 Å². The summed E-state index contributed by atoms with van der Waals surface area (Å²) < 4.78 is 46.4. The maximum Gasteiger partial charge on any atom is 0.413 e. The summed E-state index contributed by atoms with van der Waals surface area (Å²) in [4.78, 5) is 5.22. The Bertz CT molecular complexity index is 531. The first-order valence-corrected chi connectivity index (χ1v) is 9.13. The van der Waals surface area contributed by atoms with E-state index >= 15 is 0 Å². The van der Waals surface area contributed by atoms with Crippen molar-refractivity contribution < 1.29 is 22.7 Å². The Morgan fingerprint density at radius 1 is 1.24 bits per heavy atom. The third-order valence-corrected chi connectivity index (χ3v) is 5.10. The molecule has 0 aliphatic heterocycles. The van der Waals surface area contributed by atoms with Crippen LogP contribution in [0.1, 0.15) is 52.9 Å². The molecule has 0 N–H and O–H groups in total. The van der Waals surface area contributed by atoms with E-state index in [1.807, 2.05) is 13.0 Å². The van der Waals surface area contributed by atoms with Crippen molar-refractivity contribution in [2.24, 2.45) is 22.9 Å². The molecule has 142 valence electrons. The molecule has 2 aliphatic carbocycles. The number of halogens is 3. The van der Waals surface area contributed by atoms with Crippen LogP contribution in [0.2, 0.25) is 0 Å². The van der Waals surface area contributed by atoms with E-state index in [0.717, 1.165) is 32.1 Å². The molecule has 1 fully saturated rings. The lowest BCUT2D eigenvalue weighted by Crippen LogP contribution is -2.31. The van der Waals surface area contributed by atoms with Gasteiger partial charge in [-0.3, -0.25) is 0 Å². The van der Waals surface area contributed by atoms with Gasteiger partial charge in [-0.25, -0.2) is 0 Å². The summed E-state index contributed by atoms with van der Waals surface area (Å²) in [6, 6.07) is 0. The van der Waals surface area contributed by atoms with Gasteiger partial charge in [-0.2, -0.15) is 13.2 Å². The predicted octanol–water partition coefficient (Wildman–Crippen LogP) is 5.63. The standard InChI is InChI=1S/C19H28F3NO2/c1-4-24-14(3)23-25-12-16-10-11-17(15-8-6-5-7-9-15)18(13(16)2)19(20,21)22/h10-11,13,15-16H,4-9,12H2,1-3H3/b23-14-. The first-order valence-electron chi connectivity index (χ1n) is 9.13. The number of ether oxygens (including phenoxy) is 1. The highest BCUT2D eigenvalue weighted by atomic mass is 19.4. The number of hydrogen-bond donors (Lipinski definition) is 0. The van der Waals surface area contributed by atoms with Crippen molar-refractivity contribution >= 4 is 5.90 Å². The lowest BCUT2D eigenvalue weighted by Gasteiger charge is -2.34. The van der Waals surface area contributed by atoms with Crippen molar-refractivity contribution in [2.75, 3.05) is 13.2 Å². The average molecular weight is 359 g/mol. The average Bonchev–Trinajstić information content (AvgIpc) is 2.56. The van der Waals surface area contributed by atoms with Gasteiger partial charge in [-0.05, 0) is 37.2 Å². The number of nitrogens with zero attached hydrogens (tertiary/aromatic N) is 1. The number of hydrogen-bond acceptors (Lipinski definition) is 3. The van der Waals surface area contributed by atoms with Gasteiger partial charge >= 0.3 is 6.18 Å². The van der Waals surface area contributed by atoms with Gasteiger partial charge in [0.2, 0.25) is 5.90 Å². The molecule has 0 amide bonds. The molecule has 3 nitrogen and oxygen atoms in total. The lowest BCUT2D eigenvalue weighted by atomic mass is 9.73. The van der Waals surface area contributed by atoms with Crippen molar-refractivity contribution in [1.29, 1.82) is 0 Å². The summed E-state index contributed by atoms with van der Waals surface area (Å²) >= 11 is 0. The Morgan fingerprint density at radius 3 is 2.52 bits per heavy atom. The Balaban J connectivity index is 2.13. The molecule has 2 unspecified atom stereocenters. The van der Waals surface area contributed by atoms with Crippen LogP contribution < -0.4 is 0 Å². The van der Waals surface area contributed by atoms with Crippen LogP contribution in [-0.2, 0) is 9.57 Å². The van der Waals surface area contributed by atoms with E-state index < -0.39 is 12.1 Å². The molecule has 0 aromatic rings. The Labute approximate surface area is 147 Å². The molecule has 0 spiro atoms. The van der Waals surface area contributed by atoms with E-state index in [-0.39, 0.29) is 24.0 Å². The van der Waals surface area contributed by atoms with E-state index in [0.29, 0.717) is 18.1 Å². The molecular formula is C19H28F3NO2. The molecular weight excluding hydrogens is 331 g/mol. The smallest absolute Gasteiger partial charge is 0.413 e. The Morgan fingerprint density at radius 2 is 1.92 bits per heavy atom. The van der Waals surface area contributed by atoms with Crippen molar-refractivity contribution in [3.8, 4) is 0 Å². The zero-order chi connectivity index (χ0) is 18.4. The van der Waals surface area contributed by atoms with Crippen LogP contribution in [0.5, 0.6) is 0 Å². The third-order valence-electron chi connectivity index (χ3n) is 5.10. The summed E-state index contributed by atoms with van der Waals surface area (Å²) in [5.74, 6) is -0.569. The van der Waals surface area contributed by atoms with Crippen LogP contribution in [0.4, 0.5) is 13.2 Å². The summed E-state index contributed by atoms with van der Waals surface area (Å²) in [7, 11) is 0. The fraction of sp³-hybridized carbons (Fsp3) is 0.737. The van der Waals surface area contributed by atoms with Crippen LogP contribution in [0.25, 0.3) is 0 Å². The molecule has 0 heterocycles. The van der Waals surface area contributed by atoms with E-state index in [9.17, 15) is 13.2 Å². The topological polar surface area (TPSA) is 30.8 Å². The van der Waals surface area contributed by atoms with Gasteiger partial charge in [0.15, 0.2) is 0 Å². The van der Waals surface area contributed by atoms with Crippen molar-refractivity contribution in [3.05, 3.63) is 23.3 Å². The van der Waals surface area contributed by atoms with Crippen LogP contribution >= 0.6 is 0 Å². The third kappa shape index (κ3) is 5.25. The minimum absolute atomic E-state index is 0.0316. The monoisotopic (exact) mass is 359 g/mol. The number of allylic oxidation sites excluding steroid dienone is 3. The van der Waals surface area contributed by atoms with E-state index in [2.05, 4.69) is 5.16 Å². The molecule has 0 aromatic carbocycles. The van der Waals surface area contributed by atoms with Crippen LogP contribution in [-0.4, -0.2) is 25.3 Å². The van der Waals surface area contributed by atoms with Gasteiger partial charge in [0.25, 0.3) is 0 Å². The summed E-state index contributed by atoms with van der Waals surface area (Å²) in [6.07, 6.45) is 4.09. The highest BCUT2D eigenvalue weighted by Gasteiger charge is 2.44. The summed E-state index contributed by atoms with van der Waals surface area (Å²) in [5, 5.41) is 3.80. The highest BCUT2D eigenvalue weighted by molar-refractivity contribution is 5.72. The van der Waals surface area contributed by atoms with Gasteiger partial charge in [0.05, 0.1) is 6.61 Å². The number of rotatable bonds is 5. The molecule has 1 saturated carbocycles. The second-order valence-electron chi connectivity index (χ2n) is 6.85. The second-order valence-corrected chi connectivity index (χ2v) is 6.85. The van der Waals surface area contributed by atoms with E-state index in [1.165, 1.54) is 0 Å². The molecule has 25 heavy (non-hydrogen) atoms. The van der Waals surface area contributed by atoms with Gasteiger partial charge in [0.1, 0.15) is 6.61 Å². The molecule has 2 aliphatic rings. The molecule has 0 saturated heterocycles. The maximum absolute atomic E-state index is 13.7. The largest absolute Gasteiger partial charge is 0.479 e. The van der Waals surface area contributed by atoms with E-state index in [4.69, 9.17) is 9.57 Å². The Hall–Kier alpha value is -1.46. The van der Waals surface area contributed by atoms with Gasteiger partial charge in [-0.1, -0.05) is 43.5 Å².